The molecular formula is C14H18F2N2O3. The van der Waals surface area contributed by atoms with Crippen LogP contribution in [0.25, 0.3) is 0 Å². The predicted octanol–water partition coefficient (Wildman–Crippen LogP) is 3.31. The van der Waals surface area contributed by atoms with Gasteiger partial charge in [-0.1, -0.05) is 6.92 Å². The molecule has 7 heteroatoms. The van der Waals surface area contributed by atoms with Crippen molar-refractivity contribution in [2.45, 2.75) is 32.5 Å². The van der Waals surface area contributed by atoms with Crippen molar-refractivity contribution in [2.24, 2.45) is 0 Å². The van der Waals surface area contributed by atoms with Gasteiger partial charge in [0, 0.05) is 32.1 Å². The van der Waals surface area contributed by atoms with Gasteiger partial charge in [-0.05, 0) is 12.1 Å². The van der Waals surface area contributed by atoms with Gasteiger partial charge in [0.2, 0.25) is 5.79 Å². The molecule has 116 valence electrons. The zero-order chi connectivity index (χ0) is 15.6. The van der Waals surface area contributed by atoms with Gasteiger partial charge in [-0.25, -0.2) is 13.6 Å². The minimum atomic E-state index is -2.57. The molecule has 5 nitrogen and oxygen atoms in total. The van der Waals surface area contributed by atoms with E-state index in [0.717, 1.165) is 4.90 Å². The van der Waals surface area contributed by atoms with E-state index >= 15 is 0 Å². The fraction of sp³-hybridized carbons (Fsp3) is 0.500. The monoisotopic (exact) mass is 300 g/mol. The molecule has 0 spiro atoms. The van der Waals surface area contributed by atoms with E-state index in [1.165, 1.54) is 7.05 Å². The Morgan fingerprint density at radius 1 is 1.38 bits per heavy atom. The molecule has 21 heavy (non-hydrogen) atoms. The number of rotatable bonds is 4. The number of hydrogen-bond acceptors (Lipinski definition) is 3. The highest BCUT2D eigenvalue weighted by molar-refractivity contribution is 5.89. The van der Waals surface area contributed by atoms with E-state index in [1.807, 2.05) is 13.8 Å². The second-order valence-corrected chi connectivity index (χ2v) is 5.05. The lowest BCUT2D eigenvalue weighted by Gasteiger charge is -2.20. The van der Waals surface area contributed by atoms with E-state index in [-0.39, 0.29) is 0 Å². The average molecular weight is 300 g/mol. The summed E-state index contributed by atoms with van der Waals surface area (Å²) in [5.74, 6) is 0.407. The van der Waals surface area contributed by atoms with Crippen LogP contribution in [0.15, 0.2) is 18.2 Å². The van der Waals surface area contributed by atoms with Gasteiger partial charge < -0.3 is 19.7 Å². The molecule has 2 rings (SSSR count). The number of nitrogens with zero attached hydrogens (tertiary/aromatic N) is 1. The Labute approximate surface area is 121 Å². The second-order valence-electron chi connectivity index (χ2n) is 5.05. The minimum Gasteiger partial charge on any atom is -0.449 e. The summed E-state index contributed by atoms with van der Waals surface area (Å²) in [6.07, 6.45) is -1.90. The molecule has 1 aromatic rings. The van der Waals surface area contributed by atoms with Crippen LogP contribution >= 0.6 is 0 Å². The number of hydrogen-bond donors (Lipinski definition) is 1. The Kier molecular flexibility index (Phi) is 4.20. The highest BCUT2D eigenvalue weighted by Crippen LogP contribution is 2.42. The van der Waals surface area contributed by atoms with Gasteiger partial charge in [-0.3, -0.25) is 0 Å². The van der Waals surface area contributed by atoms with Crippen LogP contribution in [-0.2, 0) is 0 Å². The largest absolute Gasteiger partial charge is 0.449 e. The molecule has 1 unspecified atom stereocenters. The van der Waals surface area contributed by atoms with E-state index in [0.29, 0.717) is 23.6 Å². The van der Waals surface area contributed by atoms with E-state index in [2.05, 4.69) is 5.32 Å². The number of urea groups is 1. The molecule has 2 amide bonds. The molecule has 1 N–H and O–H groups in total. The Morgan fingerprint density at radius 2 is 2.05 bits per heavy atom. The van der Waals surface area contributed by atoms with Gasteiger partial charge in [0.15, 0.2) is 11.5 Å². The summed E-state index contributed by atoms with van der Waals surface area (Å²) in [7, 11) is 1.31. The molecule has 1 aliphatic heterocycles. The van der Waals surface area contributed by atoms with Crippen molar-refractivity contribution in [2.75, 3.05) is 18.9 Å². The smallest absolute Gasteiger partial charge is 0.321 e. The van der Waals surface area contributed by atoms with Gasteiger partial charge in [0.05, 0.1) is 6.54 Å². The highest BCUT2D eigenvalue weighted by atomic mass is 19.3. The molecule has 1 aliphatic rings. The number of nitrogens with one attached hydrogen (secondary N) is 1. The third-order valence-electron chi connectivity index (χ3n) is 3.25. The van der Waals surface area contributed by atoms with Crippen LogP contribution in [0, 0.1) is 0 Å². The Morgan fingerprint density at radius 3 is 2.67 bits per heavy atom. The van der Waals surface area contributed by atoms with Crippen LogP contribution in [0.1, 0.15) is 20.3 Å². The van der Waals surface area contributed by atoms with Crippen molar-refractivity contribution in [3.8, 4) is 11.5 Å². The fourth-order valence-corrected chi connectivity index (χ4v) is 1.89. The normalized spacial score (nSPS) is 19.7. The van der Waals surface area contributed by atoms with Crippen molar-refractivity contribution >= 4 is 11.7 Å². The zero-order valence-corrected chi connectivity index (χ0v) is 12.2. The van der Waals surface area contributed by atoms with E-state index in [9.17, 15) is 13.6 Å². The molecule has 0 aromatic heterocycles. The van der Waals surface area contributed by atoms with E-state index in [1.54, 1.807) is 18.2 Å². The number of alkyl halides is 2. The van der Waals surface area contributed by atoms with Gasteiger partial charge in [-0.2, -0.15) is 0 Å². The molecule has 0 radical (unpaired) electrons. The number of carbonyl (C=O) groups excluding carboxylic acids is 1. The maximum absolute atomic E-state index is 12.2. The summed E-state index contributed by atoms with van der Waals surface area (Å²) >= 11 is 0. The van der Waals surface area contributed by atoms with Crippen LogP contribution < -0.4 is 14.8 Å². The van der Waals surface area contributed by atoms with Gasteiger partial charge in [0.25, 0.3) is 6.43 Å². The molecule has 1 atom stereocenters. The first-order chi connectivity index (χ1) is 9.83. The summed E-state index contributed by atoms with van der Waals surface area (Å²) < 4.78 is 35.8. The maximum Gasteiger partial charge on any atom is 0.321 e. The van der Waals surface area contributed by atoms with E-state index < -0.39 is 24.8 Å². The van der Waals surface area contributed by atoms with Gasteiger partial charge in [0.1, 0.15) is 0 Å². The first-order valence-corrected chi connectivity index (χ1v) is 6.65. The maximum atomic E-state index is 12.2. The number of fused-ring (bicyclic) bond motifs is 1. The number of anilines is 1. The number of ether oxygens (including phenoxy) is 2. The zero-order valence-electron chi connectivity index (χ0n) is 12.2. The molecule has 0 saturated heterocycles. The van der Waals surface area contributed by atoms with Gasteiger partial charge >= 0.3 is 6.03 Å². The van der Waals surface area contributed by atoms with Crippen LogP contribution in [0.3, 0.4) is 0 Å². The van der Waals surface area contributed by atoms with Crippen LogP contribution in [-0.4, -0.2) is 36.7 Å². The lowest BCUT2D eigenvalue weighted by molar-refractivity contribution is -0.0640. The predicted molar refractivity (Wildman–Crippen MR) is 74.0 cm³/mol. The minimum absolute atomic E-state index is 0.462. The standard InChI is InChI=1S/C14H18F2N2O3/c1-4-14(2)20-10-6-5-9(7-11(10)21-14)17-13(19)18(3)8-12(15)16/h5-7,12H,4,8H2,1-3H3,(H,17,19). The van der Waals surface area contributed by atoms with Crippen molar-refractivity contribution in [3.63, 3.8) is 0 Å². The van der Waals surface area contributed by atoms with Crippen molar-refractivity contribution < 1.29 is 23.0 Å². The fourth-order valence-electron chi connectivity index (χ4n) is 1.89. The number of amides is 2. The molecule has 1 aromatic carbocycles. The molecule has 0 saturated carbocycles. The first kappa shape index (κ1) is 15.3. The third-order valence-corrected chi connectivity index (χ3v) is 3.25. The summed E-state index contributed by atoms with van der Waals surface area (Å²) in [4.78, 5) is 12.7. The lowest BCUT2D eigenvalue weighted by Crippen LogP contribution is -2.34. The van der Waals surface area contributed by atoms with Crippen molar-refractivity contribution in [3.05, 3.63) is 18.2 Å². The van der Waals surface area contributed by atoms with Crippen molar-refractivity contribution in [1.82, 2.24) is 4.90 Å². The Balaban J connectivity index is 2.04. The Hall–Kier alpha value is -2.05. The summed E-state index contributed by atoms with van der Waals surface area (Å²) in [5.41, 5.74) is 0.462. The average Bonchev–Trinajstić information content (AvgIpc) is 2.74. The topological polar surface area (TPSA) is 50.8 Å². The summed E-state index contributed by atoms with van der Waals surface area (Å²) in [5, 5.41) is 2.54. The SMILES string of the molecule is CCC1(C)Oc2ccc(NC(=O)N(C)CC(F)F)cc2O1. The molecule has 0 bridgehead atoms. The number of carbonyl (C=O) groups is 1. The lowest BCUT2D eigenvalue weighted by atomic mass is 10.2. The number of benzene rings is 1. The highest BCUT2D eigenvalue weighted by Gasteiger charge is 2.35. The first-order valence-electron chi connectivity index (χ1n) is 6.65. The summed E-state index contributed by atoms with van der Waals surface area (Å²) in [6.45, 7) is 3.14. The molecule has 0 fully saturated rings. The summed E-state index contributed by atoms with van der Waals surface area (Å²) in [6, 6.07) is 4.33. The quantitative estimate of drug-likeness (QED) is 0.928. The van der Waals surface area contributed by atoms with Gasteiger partial charge in [-0.15, -0.1) is 0 Å². The Bertz CT molecular complexity index is 539. The van der Waals surface area contributed by atoms with E-state index in [4.69, 9.17) is 9.47 Å². The van der Waals surface area contributed by atoms with Crippen LogP contribution in [0.4, 0.5) is 19.3 Å². The number of halogens is 2. The van der Waals surface area contributed by atoms with Crippen LogP contribution in [0.5, 0.6) is 11.5 Å². The third kappa shape index (κ3) is 3.53. The van der Waals surface area contributed by atoms with Crippen LogP contribution in [0.2, 0.25) is 0 Å². The second kappa shape index (κ2) is 5.75. The molecular weight excluding hydrogens is 282 g/mol. The molecule has 1 heterocycles. The molecule has 0 aliphatic carbocycles. The van der Waals surface area contributed by atoms with Crippen molar-refractivity contribution in [1.29, 1.82) is 0 Å².